The lowest BCUT2D eigenvalue weighted by molar-refractivity contribution is 0.462. The molecule has 18 heavy (non-hydrogen) atoms. The molecule has 0 saturated heterocycles. The normalized spacial score (nSPS) is 18.9. The number of fused-ring (bicyclic) bond motifs is 1. The van der Waals surface area contributed by atoms with Crippen LogP contribution >= 0.6 is 11.8 Å². The zero-order valence-electron chi connectivity index (χ0n) is 11.7. The van der Waals surface area contributed by atoms with Gasteiger partial charge in [0.15, 0.2) is 0 Å². The Labute approximate surface area is 116 Å². The minimum Gasteiger partial charge on any atom is -0.354 e. The van der Waals surface area contributed by atoms with Gasteiger partial charge in [0.25, 0.3) is 0 Å². The lowest BCUT2D eigenvalue weighted by Gasteiger charge is -2.23. The van der Waals surface area contributed by atoms with Gasteiger partial charge in [-0.2, -0.15) is 11.8 Å². The Balaban J connectivity index is 1.98. The smallest absolute Gasteiger partial charge is 0.0338 e. The predicted molar refractivity (Wildman–Crippen MR) is 81.4 cm³/mol. The topological polar surface area (TPSA) is 17.0 Å². The number of nitrogens with one attached hydrogen (secondary N) is 1. The van der Waals surface area contributed by atoms with E-state index in [9.17, 15) is 0 Å². The van der Waals surface area contributed by atoms with E-state index in [1.54, 1.807) is 11.1 Å². The second-order valence-corrected chi connectivity index (χ2v) is 6.21. The van der Waals surface area contributed by atoms with Gasteiger partial charge < -0.3 is 9.88 Å². The second-order valence-electron chi connectivity index (χ2n) is 5.22. The van der Waals surface area contributed by atoms with Crippen LogP contribution < -0.4 is 5.32 Å². The molecule has 1 aromatic rings. The highest BCUT2D eigenvalue weighted by atomic mass is 32.2. The zero-order chi connectivity index (χ0) is 12.8. The van der Waals surface area contributed by atoms with Crippen LogP contribution in [0.25, 0.3) is 0 Å². The molecule has 0 amide bonds. The van der Waals surface area contributed by atoms with Crippen LogP contribution in [0.15, 0.2) is 12.4 Å². The molecular weight excluding hydrogens is 240 g/mol. The first kappa shape index (κ1) is 14.0. The molecule has 1 N–H and O–H groups in total. The van der Waals surface area contributed by atoms with Gasteiger partial charge in [-0.15, -0.1) is 0 Å². The third-order valence-electron chi connectivity index (χ3n) is 3.72. The van der Waals surface area contributed by atoms with Gasteiger partial charge in [0.05, 0.1) is 0 Å². The van der Waals surface area contributed by atoms with Crippen molar-refractivity contribution in [1.29, 1.82) is 0 Å². The molecule has 1 heterocycles. The SMILES string of the molecule is CCCNC1CCCc2cn(CCCSC)cc21. The van der Waals surface area contributed by atoms with Crippen molar-refractivity contribution >= 4 is 11.8 Å². The summed E-state index contributed by atoms with van der Waals surface area (Å²) in [4.78, 5) is 0. The standard InChI is InChI=1S/C15H26N2S/c1-3-8-16-15-7-4-6-13-11-17(12-14(13)15)9-5-10-18-2/h11-12,15-16H,3-10H2,1-2H3. The molecular formula is C15H26N2S. The third kappa shape index (κ3) is 3.55. The second kappa shape index (κ2) is 7.25. The van der Waals surface area contributed by atoms with Crippen LogP contribution in [0.4, 0.5) is 0 Å². The van der Waals surface area contributed by atoms with Crippen LogP contribution in [-0.2, 0) is 13.0 Å². The summed E-state index contributed by atoms with van der Waals surface area (Å²) in [7, 11) is 0. The van der Waals surface area contributed by atoms with Crippen molar-refractivity contribution in [3.8, 4) is 0 Å². The molecule has 0 fully saturated rings. The van der Waals surface area contributed by atoms with Crippen molar-refractivity contribution in [2.75, 3.05) is 18.6 Å². The molecule has 2 rings (SSSR count). The van der Waals surface area contributed by atoms with E-state index in [1.807, 2.05) is 11.8 Å². The van der Waals surface area contributed by atoms with Gasteiger partial charge >= 0.3 is 0 Å². The number of aryl methyl sites for hydroxylation is 2. The lowest BCUT2D eigenvalue weighted by Crippen LogP contribution is -2.24. The van der Waals surface area contributed by atoms with Gasteiger partial charge in [-0.25, -0.2) is 0 Å². The molecule has 102 valence electrons. The highest BCUT2D eigenvalue weighted by Crippen LogP contribution is 2.30. The van der Waals surface area contributed by atoms with E-state index < -0.39 is 0 Å². The number of aromatic nitrogens is 1. The molecule has 1 atom stereocenters. The number of rotatable bonds is 7. The van der Waals surface area contributed by atoms with Crippen molar-refractivity contribution in [3.05, 3.63) is 23.5 Å². The highest BCUT2D eigenvalue weighted by Gasteiger charge is 2.21. The summed E-state index contributed by atoms with van der Waals surface area (Å²) in [6.45, 7) is 4.56. The van der Waals surface area contributed by atoms with Gasteiger partial charge in [-0.1, -0.05) is 6.92 Å². The number of thioether (sulfide) groups is 1. The van der Waals surface area contributed by atoms with Crippen LogP contribution in [0.2, 0.25) is 0 Å². The molecule has 1 aliphatic rings. The summed E-state index contributed by atoms with van der Waals surface area (Å²) >= 11 is 1.94. The Morgan fingerprint density at radius 1 is 1.44 bits per heavy atom. The van der Waals surface area contributed by atoms with Gasteiger partial charge in [0, 0.05) is 25.0 Å². The maximum absolute atomic E-state index is 3.69. The minimum atomic E-state index is 0.607. The molecule has 1 unspecified atom stereocenters. The molecule has 0 aliphatic heterocycles. The third-order valence-corrected chi connectivity index (χ3v) is 4.41. The summed E-state index contributed by atoms with van der Waals surface area (Å²) in [6, 6.07) is 0.607. The Kier molecular flexibility index (Phi) is 5.64. The van der Waals surface area contributed by atoms with Crippen LogP contribution in [0.5, 0.6) is 0 Å². The minimum absolute atomic E-state index is 0.607. The Morgan fingerprint density at radius 2 is 2.33 bits per heavy atom. The van der Waals surface area contributed by atoms with E-state index in [1.165, 1.54) is 44.4 Å². The molecule has 0 bridgehead atoms. The quantitative estimate of drug-likeness (QED) is 0.759. The Morgan fingerprint density at radius 3 is 3.11 bits per heavy atom. The Hall–Kier alpha value is -0.410. The predicted octanol–water partition coefficient (Wildman–Crippen LogP) is 3.62. The lowest BCUT2D eigenvalue weighted by atomic mass is 9.91. The van der Waals surface area contributed by atoms with Crippen LogP contribution in [0.1, 0.15) is 49.8 Å². The van der Waals surface area contributed by atoms with E-state index in [2.05, 4.69) is 35.5 Å². The average Bonchev–Trinajstić information content (AvgIpc) is 2.80. The molecule has 1 aromatic heterocycles. The largest absolute Gasteiger partial charge is 0.354 e. The van der Waals surface area contributed by atoms with Gasteiger partial charge in [-0.05, 0) is 61.8 Å². The number of hydrogen-bond acceptors (Lipinski definition) is 2. The fourth-order valence-corrected chi connectivity index (χ4v) is 3.22. The van der Waals surface area contributed by atoms with E-state index in [4.69, 9.17) is 0 Å². The summed E-state index contributed by atoms with van der Waals surface area (Å²) in [5, 5.41) is 3.69. The Bertz CT molecular complexity index is 359. The van der Waals surface area contributed by atoms with Gasteiger partial charge in [-0.3, -0.25) is 0 Å². The number of hydrogen-bond donors (Lipinski definition) is 1. The highest BCUT2D eigenvalue weighted by molar-refractivity contribution is 7.98. The van der Waals surface area contributed by atoms with E-state index >= 15 is 0 Å². The average molecular weight is 266 g/mol. The van der Waals surface area contributed by atoms with Crippen LogP contribution in [-0.4, -0.2) is 23.1 Å². The first-order valence-electron chi connectivity index (χ1n) is 7.26. The van der Waals surface area contributed by atoms with Gasteiger partial charge in [0.1, 0.15) is 0 Å². The van der Waals surface area contributed by atoms with Crippen molar-refractivity contribution in [3.63, 3.8) is 0 Å². The maximum Gasteiger partial charge on any atom is 0.0338 e. The zero-order valence-corrected chi connectivity index (χ0v) is 12.6. The summed E-state index contributed by atoms with van der Waals surface area (Å²) < 4.78 is 2.41. The monoisotopic (exact) mass is 266 g/mol. The molecule has 2 nitrogen and oxygen atoms in total. The summed E-state index contributed by atoms with van der Waals surface area (Å²) in [5.74, 6) is 1.26. The molecule has 0 spiro atoms. The summed E-state index contributed by atoms with van der Waals surface area (Å²) in [6.07, 6.45) is 13.4. The fourth-order valence-electron chi connectivity index (χ4n) is 2.80. The van der Waals surface area contributed by atoms with E-state index in [-0.39, 0.29) is 0 Å². The van der Waals surface area contributed by atoms with Crippen molar-refractivity contribution in [2.45, 2.75) is 51.6 Å². The molecule has 3 heteroatoms. The van der Waals surface area contributed by atoms with E-state index in [0.717, 1.165) is 6.54 Å². The van der Waals surface area contributed by atoms with Crippen molar-refractivity contribution in [1.82, 2.24) is 9.88 Å². The molecule has 0 saturated carbocycles. The number of nitrogens with zero attached hydrogens (tertiary/aromatic N) is 1. The first-order valence-corrected chi connectivity index (χ1v) is 8.65. The van der Waals surface area contributed by atoms with E-state index in [0.29, 0.717) is 6.04 Å². The fraction of sp³-hybridized carbons (Fsp3) is 0.733. The molecule has 0 aromatic carbocycles. The van der Waals surface area contributed by atoms with Gasteiger partial charge in [0.2, 0.25) is 0 Å². The molecule has 1 aliphatic carbocycles. The molecule has 0 radical (unpaired) electrons. The maximum atomic E-state index is 3.69. The van der Waals surface area contributed by atoms with Crippen LogP contribution in [0, 0.1) is 0 Å². The van der Waals surface area contributed by atoms with Crippen molar-refractivity contribution < 1.29 is 0 Å². The first-order chi connectivity index (χ1) is 8.85. The van der Waals surface area contributed by atoms with Crippen molar-refractivity contribution in [2.24, 2.45) is 0 Å². The summed E-state index contributed by atoms with van der Waals surface area (Å²) in [5.41, 5.74) is 3.15. The van der Waals surface area contributed by atoms with Crippen LogP contribution in [0.3, 0.4) is 0 Å².